The van der Waals surface area contributed by atoms with Crippen molar-refractivity contribution in [3.63, 3.8) is 0 Å². The van der Waals surface area contributed by atoms with Gasteiger partial charge in [0.15, 0.2) is 0 Å². The topological polar surface area (TPSA) is 87.4 Å². The van der Waals surface area contributed by atoms with Crippen LogP contribution in [0.15, 0.2) is 36.4 Å². The van der Waals surface area contributed by atoms with Gasteiger partial charge >= 0.3 is 24.6 Å². The second kappa shape index (κ2) is 11.6. The zero-order valence-corrected chi connectivity index (χ0v) is 22.6. The lowest BCUT2D eigenvalue weighted by Gasteiger charge is -2.43. The van der Waals surface area contributed by atoms with E-state index < -0.39 is 65.5 Å². The molecule has 0 saturated carbocycles. The molecule has 8 nitrogen and oxygen atoms in total. The third kappa shape index (κ3) is 6.80. The predicted octanol–water partition coefficient (Wildman–Crippen LogP) is 7.55. The van der Waals surface area contributed by atoms with Crippen LogP contribution in [0.1, 0.15) is 67.0 Å². The zero-order chi connectivity index (χ0) is 31.9. The molecular formula is C26H25F9N6O2. The van der Waals surface area contributed by atoms with Crippen LogP contribution in [0, 0.1) is 0 Å². The summed E-state index contributed by atoms with van der Waals surface area (Å²) in [5.41, 5.74) is -5.04. The lowest BCUT2D eigenvalue weighted by Crippen LogP contribution is -2.47. The number of carbonyl (C=O) groups is 1. The second-order valence-electron chi connectivity index (χ2n) is 9.96. The van der Waals surface area contributed by atoms with E-state index in [1.54, 1.807) is 13.8 Å². The van der Waals surface area contributed by atoms with Crippen molar-refractivity contribution in [1.29, 1.82) is 0 Å². The normalized spacial score (nSPS) is 17.6. The molecule has 1 aliphatic heterocycles. The predicted molar refractivity (Wildman–Crippen MR) is 134 cm³/mol. The van der Waals surface area contributed by atoms with Crippen LogP contribution < -0.4 is 9.80 Å². The van der Waals surface area contributed by atoms with Crippen LogP contribution in [0.5, 0.6) is 0 Å². The van der Waals surface area contributed by atoms with Crippen LogP contribution in [0.25, 0.3) is 0 Å². The minimum Gasteiger partial charge on any atom is -0.465 e. The van der Waals surface area contributed by atoms with E-state index in [1.165, 1.54) is 0 Å². The number of hydrogen-bond acceptors (Lipinski definition) is 5. The maximum absolute atomic E-state index is 13.8. The highest BCUT2D eigenvalue weighted by Crippen LogP contribution is 2.46. The van der Waals surface area contributed by atoms with Crippen molar-refractivity contribution in [1.82, 2.24) is 20.2 Å². The number of tetrazole rings is 1. The molecule has 1 aromatic heterocycles. The molecule has 3 aromatic rings. The van der Waals surface area contributed by atoms with Gasteiger partial charge in [-0.2, -0.15) is 44.3 Å². The number of aromatic nitrogens is 4. The Morgan fingerprint density at radius 1 is 0.930 bits per heavy atom. The van der Waals surface area contributed by atoms with Crippen molar-refractivity contribution in [2.75, 3.05) is 9.80 Å². The largest absolute Gasteiger partial charge is 0.465 e. The summed E-state index contributed by atoms with van der Waals surface area (Å²) in [6.07, 6.45) is -16.0. The fraction of sp³-hybridized carbons (Fsp3) is 0.462. The summed E-state index contributed by atoms with van der Waals surface area (Å²) in [7, 11) is 0. The SMILES string of the molecule is CCCn1nnc(N(Cc2cc(C(F)(F)F)cc(C(F)(F)F)c2)C2CC(CC)N(C(=O)O)c3ccc(C(F)(F)F)cc32)n1. The van der Waals surface area contributed by atoms with Crippen molar-refractivity contribution >= 4 is 17.7 Å². The first-order chi connectivity index (χ1) is 19.9. The smallest absolute Gasteiger partial charge is 0.416 e. The first kappa shape index (κ1) is 31.9. The first-order valence-electron chi connectivity index (χ1n) is 13.0. The maximum atomic E-state index is 13.8. The van der Waals surface area contributed by atoms with Crippen molar-refractivity contribution in [3.8, 4) is 0 Å². The van der Waals surface area contributed by atoms with E-state index in [-0.39, 0.29) is 42.7 Å². The van der Waals surface area contributed by atoms with Gasteiger partial charge in [0.05, 0.1) is 35.0 Å². The number of halogens is 9. The van der Waals surface area contributed by atoms with Gasteiger partial charge in [0.2, 0.25) is 0 Å². The fourth-order valence-corrected chi connectivity index (χ4v) is 5.08. The molecule has 0 aliphatic carbocycles. The average Bonchev–Trinajstić information content (AvgIpc) is 3.37. The van der Waals surface area contributed by atoms with Gasteiger partial charge in [-0.1, -0.05) is 18.9 Å². The summed E-state index contributed by atoms with van der Waals surface area (Å²) in [6, 6.07) is 1.38. The lowest BCUT2D eigenvalue weighted by molar-refractivity contribution is -0.143. The molecule has 1 amide bonds. The number of nitrogens with zero attached hydrogens (tertiary/aromatic N) is 6. The van der Waals surface area contributed by atoms with Crippen LogP contribution >= 0.6 is 0 Å². The molecule has 0 fully saturated rings. The summed E-state index contributed by atoms with van der Waals surface area (Å²) >= 11 is 0. The van der Waals surface area contributed by atoms with Gasteiger partial charge in [-0.15, -0.1) is 5.10 Å². The van der Waals surface area contributed by atoms with Crippen molar-refractivity contribution in [2.24, 2.45) is 0 Å². The van der Waals surface area contributed by atoms with E-state index in [1.807, 2.05) is 0 Å². The number of rotatable bonds is 7. The minimum absolute atomic E-state index is 0.0347. The van der Waals surface area contributed by atoms with Crippen molar-refractivity contribution < 1.29 is 49.4 Å². The van der Waals surface area contributed by atoms with Crippen LogP contribution in [-0.2, 0) is 31.6 Å². The van der Waals surface area contributed by atoms with Crippen LogP contribution in [0.2, 0.25) is 0 Å². The molecular weight excluding hydrogens is 599 g/mol. The number of benzene rings is 2. The summed E-state index contributed by atoms with van der Waals surface area (Å²) in [5, 5.41) is 21.9. The van der Waals surface area contributed by atoms with Gasteiger partial charge in [-0.05, 0) is 72.0 Å². The van der Waals surface area contributed by atoms with E-state index in [0.29, 0.717) is 24.6 Å². The molecule has 0 saturated heterocycles. The molecule has 2 heterocycles. The van der Waals surface area contributed by atoms with E-state index in [4.69, 9.17) is 0 Å². The number of aryl methyl sites for hydroxylation is 1. The molecule has 4 rings (SSSR count). The van der Waals surface area contributed by atoms with Gasteiger partial charge in [0.1, 0.15) is 0 Å². The third-order valence-electron chi connectivity index (χ3n) is 7.01. The average molecular weight is 625 g/mol. The van der Waals surface area contributed by atoms with Gasteiger partial charge in [-0.3, -0.25) is 4.90 Å². The monoisotopic (exact) mass is 624 g/mol. The molecule has 2 aromatic carbocycles. The van der Waals surface area contributed by atoms with Gasteiger partial charge in [-0.25, -0.2) is 4.79 Å². The molecule has 2 atom stereocenters. The van der Waals surface area contributed by atoms with Crippen molar-refractivity contribution in [3.05, 3.63) is 64.2 Å². The standard InChI is InChI=1S/C26H25F9N6O2/c1-3-7-40-37-22(36-38-40)39(13-14-8-16(25(30,31)32)10-17(9-14)26(33,34)35)21-12-18(4-2)41(23(42)43)20-6-5-15(11-19(20)21)24(27,28)29/h5-6,8-11,18,21H,3-4,7,12-13H2,1-2H3,(H,42,43). The molecule has 0 radical (unpaired) electrons. The number of carboxylic acid groups (broad SMARTS) is 1. The third-order valence-corrected chi connectivity index (χ3v) is 7.01. The Balaban J connectivity index is 1.94. The molecule has 17 heteroatoms. The minimum atomic E-state index is -5.14. The highest BCUT2D eigenvalue weighted by atomic mass is 19.4. The number of fused-ring (bicyclic) bond motifs is 1. The molecule has 0 spiro atoms. The van der Waals surface area contributed by atoms with Crippen LogP contribution in [0.3, 0.4) is 0 Å². The highest BCUT2D eigenvalue weighted by Gasteiger charge is 2.42. The van der Waals surface area contributed by atoms with E-state index in [2.05, 4.69) is 15.4 Å². The Morgan fingerprint density at radius 2 is 1.53 bits per heavy atom. The van der Waals surface area contributed by atoms with Gasteiger partial charge in [0, 0.05) is 12.6 Å². The molecule has 1 N–H and O–H groups in total. The quantitative estimate of drug-likeness (QED) is 0.273. The van der Waals surface area contributed by atoms with Crippen LogP contribution in [0.4, 0.5) is 55.9 Å². The number of alkyl halides is 9. The van der Waals surface area contributed by atoms with E-state index >= 15 is 0 Å². The molecule has 1 aliphatic rings. The Hall–Kier alpha value is -4.05. The summed E-state index contributed by atoms with van der Waals surface area (Å²) in [4.78, 5) is 15.4. The number of anilines is 2. The Labute approximate surface area is 238 Å². The first-order valence-corrected chi connectivity index (χ1v) is 13.0. The van der Waals surface area contributed by atoms with E-state index in [0.717, 1.165) is 26.7 Å². The molecule has 0 bridgehead atoms. The Morgan fingerprint density at radius 3 is 2.05 bits per heavy atom. The molecule has 234 valence electrons. The van der Waals surface area contributed by atoms with Crippen LogP contribution in [-0.4, -0.2) is 37.4 Å². The highest BCUT2D eigenvalue weighted by molar-refractivity contribution is 5.89. The maximum Gasteiger partial charge on any atom is 0.416 e. The van der Waals surface area contributed by atoms with Crippen molar-refractivity contribution in [2.45, 2.75) is 76.8 Å². The summed E-state index contributed by atoms with van der Waals surface area (Å²) < 4.78 is 123. The van der Waals surface area contributed by atoms with E-state index in [9.17, 15) is 49.4 Å². The Bertz CT molecular complexity index is 1440. The molecule has 43 heavy (non-hydrogen) atoms. The number of hydrogen-bond donors (Lipinski definition) is 1. The number of amides is 1. The fourth-order valence-electron chi connectivity index (χ4n) is 5.08. The summed E-state index contributed by atoms with van der Waals surface area (Å²) in [5.74, 6) is -0.272. The van der Waals surface area contributed by atoms with Gasteiger partial charge < -0.3 is 10.0 Å². The second-order valence-corrected chi connectivity index (χ2v) is 9.96. The van der Waals surface area contributed by atoms with Gasteiger partial charge in [0.25, 0.3) is 5.95 Å². The summed E-state index contributed by atoms with van der Waals surface area (Å²) in [6.45, 7) is 2.96. The zero-order valence-electron chi connectivity index (χ0n) is 22.6. The lowest BCUT2D eigenvalue weighted by atomic mass is 9.87. The molecule has 2 unspecified atom stereocenters. The Kier molecular flexibility index (Phi) is 8.57.